The van der Waals surface area contributed by atoms with Crippen LogP contribution in [-0.4, -0.2) is 29.8 Å². The highest BCUT2D eigenvalue weighted by atomic mass is 79.9. The Morgan fingerprint density at radius 3 is 1.33 bits per heavy atom. The lowest BCUT2D eigenvalue weighted by atomic mass is 11.9. The third-order valence-electron chi connectivity index (χ3n) is 0. The molecular formula is C3H11BrO3P2+2. The number of rotatable bonds is 0. The van der Waals surface area contributed by atoms with Crippen molar-refractivity contribution in [2.45, 2.75) is 0 Å². The van der Waals surface area contributed by atoms with Crippen LogP contribution in [0, 0.1) is 0 Å². The minimum absolute atomic E-state index is 0.576. The lowest BCUT2D eigenvalue weighted by Gasteiger charge is -1.92. The molecule has 0 unspecified atom stereocenters. The van der Waals surface area contributed by atoms with E-state index in [-0.39, 0.29) is 0 Å². The molecule has 0 aliphatic heterocycles. The lowest BCUT2D eigenvalue weighted by Crippen LogP contribution is -1.63. The van der Waals surface area contributed by atoms with Gasteiger partial charge in [-0.25, -0.2) is 0 Å². The van der Waals surface area contributed by atoms with Gasteiger partial charge in [0.15, 0.2) is 0 Å². The maximum absolute atomic E-state index is 8.70. The van der Waals surface area contributed by atoms with Crippen molar-refractivity contribution in [2.24, 2.45) is 0 Å². The van der Waals surface area contributed by atoms with Crippen LogP contribution in [0.4, 0.5) is 0 Å². The van der Waals surface area contributed by atoms with Crippen molar-refractivity contribution in [3.63, 3.8) is 0 Å². The first-order valence-corrected chi connectivity index (χ1v) is 8.41. The molecule has 0 radical (unpaired) electrons. The molecule has 0 amide bonds. The minimum atomic E-state index is -2.87. The standard InChI is InChI=1S/C3H9BrP.HO3P/c1-5(2,3)4;1-4(2)3/h1-3H3;(H-,1,2,3)/q+1;/p+1. The predicted octanol–water partition coefficient (Wildman–Crippen LogP) is 1.83. The van der Waals surface area contributed by atoms with E-state index in [1.54, 1.807) is 0 Å². The summed E-state index contributed by atoms with van der Waals surface area (Å²) >= 11 is 3.49. The van der Waals surface area contributed by atoms with Gasteiger partial charge in [0.1, 0.15) is 15.5 Å². The van der Waals surface area contributed by atoms with E-state index in [9.17, 15) is 0 Å². The lowest BCUT2D eigenvalue weighted by molar-refractivity contribution is 0.405. The molecule has 0 aromatic heterocycles. The molecule has 0 spiro atoms. The first-order valence-electron chi connectivity index (χ1n) is 2.09. The van der Waals surface area contributed by atoms with Gasteiger partial charge in [-0.2, -0.15) is 0 Å². The Balaban J connectivity index is 0. The smallest absolute Gasteiger partial charge is 0.134 e. The normalized spacial score (nSPS) is 9.56. The zero-order valence-corrected chi connectivity index (χ0v) is 8.95. The Morgan fingerprint density at radius 2 is 1.33 bits per heavy atom. The van der Waals surface area contributed by atoms with Crippen molar-refractivity contribution >= 4 is 29.7 Å². The Kier molecular flexibility index (Phi) is 7.97. The fraction of sp³-hybridized carbons (Fsp3) is 1.00. The highest BCUT2D eigenvalue weighted by molar-refractivity contribution is 9.42. The average Bonchev–Trinajstić information content (AvgIpc) is 1.19. The molecule has 3 nitrogen and oxygen atoms in total. The van der Waals surface area contributed by atoms with E-state index < -0.39 is 14.2 Å². The second-order valence-electron chi connectivity index (χ2n) is 2.10. The van der Waals surface area contributed by atoms with Crippen LogP contribution < -0.4 is 0 Å². The summed E-state index contributed by atoms with van der Waals surface area (Å²) in [6.07, 6.45) is 0. The van der Waals surface area contributed by atoms with Crippen molar-refractivity contribution in [3.8, 4) is 0 Å². The molecule has 0 aromatic carbocycles. The molecule has 0 saturated carbocycles. The Hall–Kier alpha value is 0.930. The van der Waals surface area contributed by atoms with Gasteiger partial charge in [0, 0.05) is 4.57 Å². The van der Waals surface area contributed by atoms with Crippen LogP contribution in [0.2, 0.25) is 0 Å². The van der Waals surface area contributed by atoms with Crippen LogP contribution >= 0.6 is 29.7 Å². The highest BCUT2D eigenvalue weighted by Crippen LogP contribution is 2.54. The Labute approximate surface area is 64.5 Å². The molecule has 2 N–H and O–H groups in total. The topological polar surface area (TPSA) is 57.5 Å². The number of hydrogen-bond donors (Lipinski definition) is 2. The quantitative estimate of drug-likeness (QED) is 0.632. The minimum Gasteiger partial charge on any atom is -0.134 e. The van der Waals surface area contributed by atoms with Gasteiger partial charge in [0.05, 0.1) is 26.0 Å². The fourth-order valence-electron chi connectivity index (χ4n) is 0. The van der Waals surface area contributed by atoms with E-state index in [0.717, 1.165) is 0 Å². The highest BCUT2D eigenvalue weighted by Gasteiger charge is 2.08. The average molecular weight is 237 g/mol. The summed E-state index contributed by atoms with van der Waals surface area (Å²) < 4.78 is 8.70. The number of hydrogen-bond acceptors (Lipinski definition) is 1. The fourth-order valence-corrected chi connectivity index (χ4v) is 0. The van der Waals surface area contributed by atoms with Crippen LogP contribution in [0.15, 0.2) is 0 Å². The molecule has 9 heavy (non-hydrogen) atoms. The summed E-state index contributed by atoms with van der Waals surface area (Å²) in [6, 6.07) is 0. The summed E-state index contributed by atoms with van der Waals surface area (Å²) in [5, 5.41) is 0. The van der Waals surface area contributed by atoms with E-state index in [1.807, 2.05) is 0 Å². The van der Waals surface area contributed by atoms with Crippen molar-refractivity contribution in [3.05, 3.63) is 0 Å². The molecule has 0 heterocycles. The Bertz CT molecular complexity index is 79.5. The third kappa shape index (κ3) is 496. The zero-order chi connectivity index (χ0) is 8.08. The molecule has 6 heteroatoms. The van der Waals surface area contributed by atoms with Gasteiger partial charge in [0.25, 0.3) is 0 Å². The van der Waals surface area contributed by atoms with Crippen LogP contribution in [0.1, 0.15) is 0 Å². The molecule has 0 aromatic rings. The van der Waals surface area contributed by atoms with E-state index in [4.69, 9.17) is 14.4 Å². The van der Waals surface area contributed by atoms with Crippen molar-refractivity contribution in [1.29, 1.82) is 0 Å². The summed E-state index contributed by atoms with van der Waals surface area (Å²) in [6.45, 7) is 6.65. The van der Waals surface area contributed by atoms with Crippen molar-refractivity contribution in [1.82, 2.24) is 0 Å². The van der Waals surface area contributed by atoms with Gasteiger partial charge in [-0.15, -0.1) is 9.79 Å². The van der Waals surface area contributed by atoms with Crippen LogP contribution in [0.25, 0.3) is 0 Å². The van der Waals surface area contributed by atoms with E-state index in [1.165, 1.54) is 0 Å². The van der Waals surface area contributed by atoms with Gasteiger partial charge in [-0.05, 0) is 0 Å². The van der Waals surface area contributed by atoms with Crippen molar-refractivity contribution in [2.75, 3.05) is 20.0 Å². The molecule has 0 atom stereocenters. The van der Waals surface area contributed by atoms with E-state index >= 15 is 0 Å². The number of halogens is 1. The second kappa shape index (κ2) is 5.70. The van der Waals surface area contributed by atoms with Gasteiger partial charge in [0.2, 0.25) is 0 Å². The molecular weight excluding hydrogens is 226 g/mol. The Morgan fingerprint density at radius 1 is 1.33 bits per heavy atom. The second-order valence-corrected chi connectivity index (χ2v) is 12.7. The van der Waals surface area contributed by atoms with Crippen LogP contribution in [0.5, 0.6) is 0 Å². The third-order valence-corrected chi connectivity index (χ3v) is 0. The summed E-state index contributed by atoms with van der Waals surface area (Å²) in [7, 11) is -2.87. The summed E-state index contributed by atoms with van der Waals surface area (Å²) in [4.78, 5) is 14.2. The molecule has 0 saturated heterocycles. The zero-order valence-electron chi connectivity index (χ0n) is 5.58. The molecule has 0 fully saturated rings. The van der Waals surface area contributed by atoms with Crippen molar-refractivity contribution < 1.29 is 14.4 Å². The molecule has 56 valence electrons. The van der Waals surface area contributed by atoms with E-state index in [0.29, 0.717) is 0 Å². The molecule has 0 rings (SSSR count). The van der Waals surface area contributed by atoms with E-state index in [2.05, 4.69) is 35.5 Å². The maximum atomic E-state index is 8.70. The van der Waals surface area contributed by atoms with Crippen LogP contribution in [0.3, 0.4) is 0 Å². The first kappa shape index (κ1) is 12.6. The molecule has 0 bridgehead atoms. The van der Waals surface area contributed by atoms with Gasteiger partial charge in [-0.1, -0.05) is 0 Å². The van der Waals surface area contributed by atoms with Gasteiger partial charge >= 0.3 is 8.25 Å². The SMILES string of the molecule is C[P+](C)(C)Br.O=[P+](O)O. The molecule has 0 aliphatic carbocycles. The largest absolute Gasteiger partial charge is 0.692 e. The summed E-state index contributed by atoms with van der Waals surface area (Å²) in [5.74, 6) is -0.576. The maximum Gasteiger partial charge on any atom is 0.692 e. The molecule has 0 aliphatic rings. The van der Waals surface area contributed by atoms with Crippen LogP contribution in [-0.2, 0) is 4.57 Å². The summed E-state index contributed by atoms with van der Waals surface area (Å²) in [5.41, 5.74) is 0. The first-order chi connectivity index (χ1) is 3.73. The van der Waals surface area contributed by atoms with Gasteiger partial charge < -0.3 is 0 Å². The predicted molar refractivity (Wildman–Crippen MR) is 45.7 cm³/mol. The monoisotopic (exact) mass is 236 g/mol. The van der Waals surface area contributed by atoms with Gasteiger partial charge in [-0.3, -0.25) is 0 Å².